The van der Waals surface area contributed by atoms with Gasteiger partial charge in [-0.1, -0.05) is 0 Å². The molecule has 0 radical (unpaired) electrons. The van der Waals surface area contributed by atoms with Crippen LogP contribution in [-0.4, -0.2) is 83.4 Å². The van der Waals surface area contributed by atoms with Crippen molar-refractivity contribution in [1.82, 2.24) is 0 Å². The van der Waals surface area contributed by atoms with Crippen LogP contribution in [0.25, 0.3) is 0 Å². The standard InChI is InChI=1S/C16H2F30/c17-3(18,1-2-4(19,20)6(23,24)8(27,28)11(33,34)13(37,38)15(41,42)43)5(21,22)7(25,26)9(29,30)10(31,32)12(35,36)14(39,40)16(44,45)46/h1-2H/b2-1+. The van der Waals surface area contributed by atoms with Crippen molar-refractivity contribution in [1.29, 1.82) is 0 Å². The lowest BCUT2D eigenvalue weighted by molar-refractivity contribution is -0.459. The molecule has 0 bridgehead atoms. The first-order valence-corrected chi connectivity index (χ1v) is 9.58. The van der Waals surface area contributed by atoms with Gasteiger partial charge in [-0.25, -0.2) is 0 Å². The molecule has 0 aromatic heterocycles. The van der Waals surface area contributed by atoms with Gasteiger partial charge in [0, 0.05) is 0 Å². The second-order valence-electron chi connectivity index (χ2n) is 8.32. The highest BCUT2D eigenvalue weighted by molar-refractivity contribution is 5.21. The summed E-state index contributed by atoms with van der Waals surface area (Å²) in [6.07, 6.45) is -22.7. The second-order valence-corrected chi connectivity index (χ2v) is 8.32. The Kier molecular flexibility index (Phi) is 10.0. The molecule has 0 aromatic rings. The van der Waals surface area contributed by atoms with E-state index in [1.807, 2.05) is 0 Å². The van der Waals surface area contributed by atoms with E-state index in [1.54, 1.807) is 0 Å². The van der Waals surface area contributed by atoms with E-state index in [-0.39, 0.29) is 0 Å². The van der Waals surface area contributed by atoms with Crippen LogP contribution in [0.4, 0.5) is 132 Å². The average molecular weight is 764 g/mol. The smallest absolute Gasteiger partial charge is 0.195 e. The number of alkyl halides is 30. The first-order valence-electron chi connectivity index (χ1n) is 9.58. The predicted molar refractivity (Wildman–Crippen MR) is 80.6 cm³/mol. The van der Waals surface area contributed by atoms with E-state index in [9.17, 15) is 132 Å². The highest BCUT2D eigenvalue weighted by Gasteiger charge is 2.95. The Morgan fingerprint density at radius 1 is 0.174 bits per heavy atom. The van der Waals surface area contributed by atoms with Crippen LogP contribution >= 0.6 is 0 Å². The Morgan fingerprint density at radius 2 is 0.304 bits per heavy atom. The Bertz CT molecular complexity index is 1120. The summed E-state index contributed by atoms with van der Waals surface area (Å²) in [5.74, 6) is -105. The van der Waals surface area contributed by atoms with Gasteiger partial charge in [-0.15, -0.1) is 0 Å². The molecular weight excluding hydrogens is 762 g/mol. The Hall–Kier alpha value is -2.36. The van der Waals surface area contributed by atoms with Gasteiger partial charge in [0.25, 0.3) is 0 Å². The lowest BCUT2D eigenvalue weighted by Gasteiger charge is -2.42. The zero-order valence-electron chi connectivity index (χ0n) is 19.5. The Labute approximate surface area is 228 Å². The summed E-state index contributed by atoms with van der Waals surface area (Å²) in [6, 6.07) is 0. The molecule has 0 aromatic carbocycles. The minimum Gasteiger partial charge on any atom is -0.195 e. The van der Waals surface area contributed by atoms with Gasteiger partial charge in [-0.3, -0.25) is 0 Å². The molecule has 0 nitrogen and oxygen atoms in total. The molecule has 0 N–H and O–H groups in total. The zero-order valence-corrected chi connectivity index (χ0v) is 19.5. The van der Waals surface area contributed by atoms with E-state index in [0.29, 0.717) is 0 Å². The first kappa shape index (κ1) is 43.6. The normalized spacial score (nSPS) is 17.3. The monoisotopic (exact) mass is 764 g/mol. The quantitative estimate of drug-likeness (QED) is 0.137. The largest absolute Gasteiger partial charge is 0.460 e. The van der Waals surface area contributed by atoms with Gasteiger partial charge in [0.2, 0.25) is 0 Å². The van der Waals surface area contributed by atoms with Crippen molar-refractivity contribution in [3.63, 3.8) is 0 Å². The van der Waals surface area contributed by atoms with Crippen molar-refractivity contribution in [3.05, 3.63) is 12.2 Å². The van der Waals surface area contributed by atoms with Crippen LogP contribution in [0.15, 0.2) is 12.2 Å². The van der Waals surface area contributed by atoms with Gasteiger partial charge in [0.1, 0.15) is 0 Å². The fourth-order valence-corrected chi connectivity index (χ4v) is 2.38. The van der Waals surface area contributed by atoms with E-state index in [4.69, 9.17) is 0 Å². The lowest BCUT2D eigenvalue weighted by atomic mass is 9.88. The molecule has 0 fully saturated rings. The molecule has 0 saturated heterocycles. The highest BCUT2D eigenvalue weighted by Crippen LogP contribution is 2.65. The maximum Gasteiger partial charge on any atom is 0.460 e. The van der Waals surface area contributed by atoms with E-state index in [1.165, 1.54) is 0 Å². The maximum atomic E-state index is 13.6. The van der Waals surface area contributed by atoms with Gasteiger partial charge in [-0.05, 0) is 12.2 Å². The molecule has 0 spiro atoms. The van der Waals surface area contributed by atoms with Crippen molar-refractivity contribution in [3.8, 4) is 0 Å². The Balaban J connectivity index is 7.13. The molecule has 46 heavy (non-hydrogen) atoms. The molecule has 0 heterocycles. The van der Waals surface area contributed by atoms with Crippen molar-refractivity contribution < 1.29 is 132 Å². The van der Waals surface area contributed by atoms with E-state index < -0.39 is 95.6 Å². The third-order valence-electron chi connectivity index (χ3n) is 5.21. The molecule has 0 saturated carbocycles. The van der Waals surface area contributed by atoms with E-state index in [2.05, 4.69) is 0 Å². The third-order valence-corrected chi connectivity index (χ3v) is 5.21. The Morgan fingerprint density at radius 3 is 0.457 bits per heavy atom. The first-order chi connectivity index (χ1) is 19.2. The minimum atomic E-state index is -9.34. The second kappa shape index (κ2) is 10.6. The lowest BCUT2D eigenvalue weighted by Crippen LogP contribution is -2.74. The minimum absolute atomic E-state index is 3.23. The molecular formula is C16H2F30. The fraction of sp³-hybridized carbons (Fsp3) is 0.875. The molecule has 276 valence electrons. The van der Waals surface area contributed by atoms with Crippen LogP contribution in [0.3, 0.4) is 0 Å². The van der Waals surface area contributed by atoms with Crippen LogP contribution in [0.2, 0.25) is 0 Å². The summed E-state index contributed by atoms with van der Waals surface area (Å²) in [6.45, 7) is 0. The van der Waals surface area contributed by atoms with Crippen molar-refractivity contribution in [2.24, 2.45) is 0 Å². The molecule has 30 heteroatoms. The predicted octanol–water partition coefficient (Wildman–Crippen LogP) is 10.3. The van der Waals surface area contributed by atoms with Crippen molar-refractivity contribution in [2.75, 3.05) is 0 Å². The number of hydrogen-bond acceptors (Lipinski definition) is 0. The van der Waals surface area contributed by atoms with E-state index >= 15 is 0 Å². The van der Waals surface area contributed by atoms with Gasteiger partial charge in [0.15, 0.2) is 0 Å². The molecule has 0 atom stereocenters. The third kappa shape index (κ3) is 5.42. The van der Waals surface area contributed by atoms with Crippen molar-refractivity contribution >= 4 is 0 Å². The van der Waals surface area contributed by atoms with Crippen LogP contribution in [0.1, 0.15) is 0 Å². The molecule has 0 aliphatic rings. The number of halogens is 30. The summed E-state index contributed by atoms with van der Waals surface area (Å²) < 4.78 is 390. The molecule has 0 unspecified atom stereocenters. The maximum absolute atomic E-state index is 13.6. The molecule has 0 aliphatic carbocycles. The molecule has 0 aliphatic heterocycles. The van der Waals surface area contributed by atoms with Gasteiger partial charge >= 0.3 is 83.4 Å². The number of allylic oxidation sites excluding steroid dienone is 2. The zero-order chi connectivity index (χ0) is 38.4. The molecule has 0 amide bonds. The van der Waals surface area contributed by atoms with E-state index in [0.717, 1.165) is 0 Å². The van der Waals surface area contributed by atoms with Crippen LogP contribution in [0.5, 0.6) is 0 Å². The summed E-state index contributed by atoms with van der Waals surface area (Å²) in [4.78, 5) is 0. The highest BCUT2D eigenvalue weighted by atomic mass is 19.4. The summed E-state index contributed by atoms with van der Waals surface area (Å²) in [5.41, 5.74) is 0. The topological polar surface area (TPSA) is 0 Å². The van der Waals surface area contributed by atoms with Gasteiger partial charge in [-0.2, -0.15) is 132 Å². The van der Waals surface area contributed by atoms with Crippen LogP contribution < -0.4 is 0 Å². The van der Waals surface area contributed by atoms with Gasteiger partial charge in [0.05, 0.1) is 0 Å². The summed E-state index contributed by atoms with van der Waals surface area (Å²) in [5, 5.41) is 0. The average Bonchev–Trinajstić information content (AvgIpc) is 2.80. The SMILES string of the molecule is FC(F)(F)C(F)(F)C(F)(F)C(F)(F)C(F)(F)C(F)(F)/C=C/C(F)(F)C(F)(F)C(F)(F)C(F)(F)C(F)(F)C(F)(F)C(F)(F)C(F)(F)F. The van der Waals surface area contributed by atoms with Crippen LogP contribution in [-0.2, 0) is 0 Å². The summed E-state index contributed by atoms with van der Waals surface area (Å²) >= 11 is 0. The summed E-state index contributed by atoms with van der Waals surface area (Å²) in [7, 11) is 0. The van der Waals surface area contributed by atoms with Gasteiger partial charge < -0.3 is 0 Å². The number of hydrogen-bond donors (Lipinski definition) is 0. The fourth-order valence-electron chi connectivity index (χ4n) is 2.38. The van der Waals surface area contributed by atoms with Crippen LogP contribution in [0, 0.1) is 0 Å². The molecule has 0 rings (SSSR count). The number of rotatable bonds is 12. The van der Waals surface area contributed by atoms with Crippen molar-refractivity contribution in [2.45, 2.75) is 83.4 Å².